The highest BCUT2D eigenvalue weighted by Gasteiger charge is 2.29. The van der Waals surface area contributed by atoms with E-state index in [4.69, 9.17) is 14.2 Å². The van der Waals surface area contributed by atoms with Crippen LogP contribution in [0.3, 0.4) is 0 Å². The minimum Gasteiger partial charge on any atom is -0.388 e. The second-order valence-corrected chi connectivity index (χ2v) is 10.2. The van der Waals surface area contributed by atoms with Gasteiger partial charge in [0.15, 0.2) is 9.84 Å². The Kier molecular flexibility index (Phi) is 10.7. The van der Waals surface area contributed by atoms with Gasteiger partial charge in [0, 0.05) is 11.7 Å². The molecule has 0 aliphatic heterocycles. The number of aliphatic hydroxyl groups excluding tert-OH is 1. The van der Waals surface area contributed by atoms with E-state index in [2.05, 4.69) is 0 Å². The Morgan fingerprint density at radius 3 is 1.69 bits per heavy atom. The fourth-order valence-electron chi connectivity index (χ4n) is 3.40. The molecular formula is C28H32O6S. The average Bonchev–Trinajstić information content (AvgIpc) is 2.86. The lowest BCUT2D eigenvalue weighted by atomic mass is 10.1. The van der Waals surface area contributed by atoms with Crippen LogP contribution >= 0.6 is 0 Å². The van der Waals surface area contributed by atoms with E-state index in [1.165, 1.54) is 6.08 Å². The van der Waals surface area contributed by atoms with Crippen LogP contribution in [-0.4, -0.2) is 44.7 Å². The Bertz CT molecular complexity index is 1120. The summed E-state index contributed by atoms with van der Waals surface area (Å²) in [6.07, 6.45) is -0.227. The van der Waals surface area contributed by atoms with Crippen molar-refractivity contribution in [2.24, 2.45) is 0 Å². The second-order valence-electron chi connectivity index (χ2n) is 8.25. The van der Waals surface area contributed by atoms with Gasteiger partial charge >= 0.3 is 0 Å². The van der Waals surface area contributed by atoms with Crippen LogP contribution in [0.5, 0.6) is 0 Å². The lowest BCUT2D eigenvalue weighted by molar-refractivity contribution is -0.133. The molecule has 3 rings (SSSR count). The summed E-state index contributed by atoms with van der Waals surface area (Å²) in [5.74, 6) is 0. The maximum absolute atomic E-state index is 11.8. The molecule has 3 aromatic rings. The molecule has 0 unspecified atom stereocenters. The standard InChI is InChI=1S/C28H32O6S/c1-35(30,31)18-17-27(33-20-24-13-7-3-8-14-24)28(34-21-25-15-9-4-10-16-25)26(29)22-32-19-23-11-5-2-6-12-23/h2-18,26-29H,19-22H2,1H3/b18-17+/t26-,27-,28-/m1/s1. The highest BCUT2D eigenvalue weighted by Crippen LogP contribution is 2.18. The van der Waals surface area contributed by atoms with Gasteiger partial charge in [0.25, 0.3) is 0 Å². The number of hydrogen-bond donors (Lipinski definition) is 1. The molecule has 0 fully saturated rings. The van der Waals surface area contributed by atoms with E-state index in [1.807, 2.05) is 91.0 Å². The van der Waals surface area contributed by atoms with Gasteiger partial charge in [0.2, 0.25) is 0 Å². The van der Waals surface area contributed by atoms with Gasteiger partial charge < -0.3 is 19.3 Å². The molecule has 35 heavy (non-hydrogen) atoms. The molecule has 0 saturated carbocycles. The molecule has 0 spiro atoms. The van der Waals surface area contributed by atoms with E-state index in [-0.39, 0.29) is 19.8 Å². The van der Waals surface area contributed by atoms with E-state index < -0.39 is 28.1 Å². The summed E-state index contributed by atoms with van der Waals surface area (Å²) >= 11 is 0. The highest BCUT2D eigenvalue weighted by molar-refractivity contribution is 7.93. The first-order valence-corrected chi connectivity index (χ1v) is 13.4. The highest BCUT2D eigenvalue weighted by atomic mass is 32.2. The largest absolute Gasteiger partial charge is 0.388 e. The number of rotatable bonds is 14. The summed E-state index contributed by atoms with van der Waals surface area (Å²) in [4.78, 5) is 0. The van der Waals surface area contributed by atoms with Crippen LogP contribution < -0.4 is 0 Å². The molecule has 3 atom stereocenters. The van der Waals surface area contributed by atoms with Crippen molar-refractivity contribution in [2.75, 3.05) is 12.9 Å². The fourth-order valence-corrected chi connectivity index (χ4v) is 3.85. The molecular weight excluding hydrogens is 464 g/mol. The number of sulfone groups is 1. The molecule has 0 aliphatic carbocycles. The summed E-state index contributed by atoms with van der Waals surface area (Å²) in [6, 6.07) is 28.7. The number of hydrogen-bond acceptors (Lipinski definition) is 6. The van der Waals surface area contributed by atoms with Gasteiger partial charge in [-0.15, -0.1) is 0 Å². The smallest absolute Gasteiger partial charge is 0.168 e. The summed E-state index contributed by atoms with van der Waals surface area (Å²) in [6.45, 7) is 0.770. The van der Waals surface area contributed by atoms with E-state index in [9.17, 15) is 13.5 Å². The van der Waals surface area contributed by atoms with E-state index in [1.54, 1.807) is 0 Å². The molecule has 6 nitrogen and oxygen atoms in total. The predicted octanol–water partition coefficient (Wildman–Crippen LogP) is 4.29. The van der Waals surface area contributed by atoms with E-state index >= 15 is 0 Å². The third kappa shape index (κ3) is 10.1. The SMILES string of the molecule is CS(=O)(=O)/C=C/[C@@H](OCc1ccccc1)[C@H](OCc1ccccc1)[C@H](O)COCc1ccccc1. The first kappa shape index (κ1) is 26.8. The van der Waals surface area contributed by atoms with Gasteiger partial charge in [-0.1, -0.05) is 91.0 Å². The Labute approximate surface area is 207 Å². The summed E-state index contributed by atoms with van der Waals surface area (Å²) in [5.41, 5.74) is 2.82. The third-order valence-corrected chi connectivity index (χ3v) is 5.84. The number of aliphatic hydroxyl groups is 1. The zero-order valence-corrected chi connectivity index (χ0v) is 20.6. The Morgan fingerprint density at radius 1 is 0.743 bits per heavy atom. The van der Waals surface area contributed by atoms with Crippen molar-refractivity contribution < 1.29 is 27.7 Å². The number of ether oxygens (including phenoxy) is 3. The van der Waals surface area contributed by atoms with Crippen LogP contribution in [0, 0.1) is 0 Å². The fraction of sp³-hybridized carbons (Fsp3) is 0.286. The molecule has 0 heterocycles. The summed E-state index contributed by atoms with van der Waals surface area (Å²) in [5, 5.41) is 12.1. The zero-order valence-electron chi connectivity index (χ0n) is 19.8. The molecule has 3 aromatic carbocycles. The zero-order chi connectivity index (χ0) is 24.9. The minimum absolute atomic E-state index is 0.00768. The van der Waals surface area contributed by atoms with Gasteiger partial charge in [-0.3, -0.25) is 0 Å². The quantitative estimate of drug-likeness (QED) is 0.359. The van der Waals surface area contributed by atoms with E-state index in [0.29, 0.717) is 6.61 Å². The molecule has 7 heteroatoms. The molecule has 0 bridgehead atoms. The maximum atomic E-state index is 11.8. The molecule has 0 radical (unpaired) electrons. The molecule has 0 aliphatic rings. The monoisotopic (exact) mass is 496 g/mol. The van der Waals surface area contributed by atoms with Crippen molar-refractivity contribution in [2.45, 2.75) is 38.1 Å². The van der Waals surface area contributed by atoms with Gasteiger partial charge in [0.05, 0.1) is 26.4 Å². The Balaban J connectivity index is 1.76. The van der Waals surface area contributed by atoms with Gasteiger partial charge in [-0.25, -0.2) is 8.42 Å². The average molecular weight is 497 g/mol. The van der Waals surface area contributed by atoms with Gasteiger partial charge in [0.1, 0.15) is 18.3 Å². The lowest BCUT2D eigenvalue weighted by Gasteiger charge is -2.29. The molecule has 1 N–H and O–H groups in total. The Hall–Kier alpha value is -2.81. The number of benzene rings is 3. The predicted molar refractivity (Wildman–Crippen MR) is 136 cm³/mol. The maximum Gasteiger partial charge on any atom is 0.168 e. The second kappa shape index (κ2) is 13.9. The van der Waals surface area contributed by atoms with Gasteiger partial charge in [-0.05, 0) is 22.8 Å². The van der Waals surface area contributed by atoms with Crippen LogP contribution in [0.15, 0.2) is 102 Å². The molecule has 0 amide bonds. The first-order chi connectivity index (χ1) is 16.9. The van der Waals surface area contributed by atoms with Crippen LogP contribution in [-0.2, 0) is 43.9 Å². The van der Waals surface area contributed by atoms with Crippen molar-refractivity contribution >= 4 is 9.84 Å². The summed E-state index contributed by atoms with van der Waals surface area (Å²) in [7, 11) is -3.41. The van der Waals surface area contributed by atoms with Gasteiger partial charge in [-0.2, -0.15) is 0 Å². The van der Waals surface area contributed by atoms with Crippen LogP contribution in [0.4, 0.5) is 0 Å². The molecule has 0 saturated heterocycles. The van der Waals surface area contributed by atoms with Crippen LogP contribution in [0.2, 0.25) is 0 Å². The molecule has 186 valence electrons. The van der Waals surface area contributed by atoms with Crippen molar-refractivity contribution in [1.82, 2.24) is 0 Å². The topological polar surface area (TPSA) is 82.1 Å². The first-order valence-electron chi connectivity index (χ1n) is 11.4. The minimum atomic E-state index is -3.41. The van der Waals surface area contributed by atoms with Crippen LogP contribution in [0.25, 0.3) is 0 Å². The van der Waals surface area contributed by atoms with Crippen LogP contribution in [0.1, 0.15) is 16.7 Å². The third-order valence-electron chi connectivity index (χ3n) is 5.19. The van der Waals surface area contributed by atoms with Crippen molar-refractivity contribution in [3.05, 3.63) is 119 Å². The Morgan fingerprint density at radius 2 is 1.20 bits per heavy atom. The van der Waals surface area contributed by atoms with Crippen molar-refractivity contribution in [1.29, 1.82) is 0 Å². The van der Waals surface area contributed by atoms with E-state index in [0.717, 1.165) is 28.4 Å². The lowest BCUT2D eigenvalue weighted by Crippen LogP contribution is -2.42. The summed E-state index contributed by atoms with van der Waals surface area (Å²) < 4.78 is 41.6. The van der Waals surface area contributed by atoms with Crippen molar-refractivity contribution in [3.63, 3.8) is 0 Å². The molecule has 0 aromatic heterocycles. The van der Waals surface area contributed by atoms with Crippen molar-refractivity contribution in [3.8, 4) is 0 Å². The normalized spacial score (nSPS) is 14.6.